The lowest BCUT2D eigenvalue weighted by atomic mass is 10.4. The number of hydrogen-bond donors (Lipinski definition) is 0. The number of methoxy groups -OCH3 is 1. The standard InChI is InChI=1S/C7H11NO2/c1-3-7-8-6(4-9-2)5-10-7/h3,6H,1,4-5H2,2H3. The van der Waals surface area contributed by atoms with E-state index < -0.39 is 0 Å². The molecule has 0 aromatic carbocycles. The van der Waals surface area contributed by atoms with Gasteiger partial charge in [0.15, 0.2) is 0 Å². The van der Waals surface area contributed by atoms with Crippen LogP contribution in [0.1, 0.15) is 0 Å². The van der Waals surface area contributed by atoms with E-state index in [1.165, 1.54) is 0 Å². The van der Waals surface area contributed by atoms with Gasteiger partial charge in [-0.3, -0.25) is 0 Å². The highest BCUT2D eigenvalue weighted by Gasteiger charge is 2.15. The summed E-state index contributed by atoms with van der Waals surface area (Å²) in [6.07, 6.45) is 1.61. The molecule has 1 rings (SSSR count). The van der Waals surface area contributed by atoms with E-state index in [-0.39, 0.29) is 6.04 Å². The molecule has 1 unspecified atom stereocenters. The monoisotopic (exact) mass is 141 g/mol. The summed E-state index contributed by atoms with van der Waals surface area (Å²) in [5, 5.41) is 0. The molecule has 1 aliphatic rings. The summed E-state index contributed by atoms with van der Waals surface area (Å²) in [5.74, 6) is 0.627. The third kappa shape index (κ3) is 1.57. The van der Waals surface area contributed by atoms with E-state index in [0.29, 0.717) is 19.1 Å². The second kappa shape index (κ2) is 3.37. The quantitative estimate of drug-likeness (QED) is 0.576. The van der Waals surface area contributed by atoms with Crippen LogP contribution in [0.25, 0.3) is 0 Å². The zero-order valence-electron chi connectivity index (χ0n) is 6.04. The minimum Gasteiger partial charge on any atom is -0.476 e. The fourth-order valence-electron chi connectivity index (χ4n) is 0.825. The third-order valence-corrected chi connectivity index (χ3v) is 1.27. The van der Waals surface area contributed by atoms with Gasteiger partial charge in [-0.25, -0.2) is 4.99 Å². The van der Waals surface area contributed by atoms with E-state index in [1.54, 1.807) is 13.2 Å². The van der Waals surface area contributed by atoms with Crippen LogP contribution in [0, 0.1) is 0 Å². The SMILES string of the molecule is C=CC1=NC(COC)CO1. The highest BCUT2D eigenvalue weighted by molar-refractivity contribution is 5.88. The normalized spacial score (nSPS) is 23.7. The average Bonchev–Trinajstić information content (AvgIpc) is 2.37. The van der Waals surface area contributed by atoms with Crippen molar-refractivity contribution < 1.29 is 9.47 Å². The molecule has 1 atom stereocenters. The highest BCUT2D eigenvalue weighted by Crippen LogP contribution is 2.04. The van der Waals surface area contributed by atoms with Gasteiger partial charge in [0.25, 0.3) is 0 Å². The number of nitrogens with zero attached hydrogens (tertiary/aromatic N) is 1. The second-order valence-electron chi connectivity index (χ2n) is 2.09. The maximum absolute atomic E-state index is 5.12. The Morgan fingerprint density at radius 3 is 3.30 bits per heavy atom. The average molecular weight is 141 g/mol. The molecule has 1 aliphatic heterocycles. The molecule has 0 saturated heterocycles. The molecule has 10 heavy (non-hydrogen) atoms. The van der Waals surface area contributed by atoms with Gasteiger partial charge in [0.05, 0.1) is 6.61 Å². The van der Waals surface area contributed by atoms with Crippen molar-refractivity contribution in [3.8, 4) is 0 Å². The van der Waals surface area contributed by atoms with Crippen LogP contribution in [-0.4, -0.2) is 32.3 Å². The molecule has 3 nitrogen and oxygen atoms in total. The van der Waals surface area contributed by atoms with Gasteiger partial charge in [0.1, 0.15) is 12.6 Å². The van der Waals surface area contributed by atoms with Crippen LogP contribution in [-0.2, 0) is 9.47 Å². The third-order valence-electron chi connectivity index (χ3n) is 1.27. The van der Waals surface area contributed by atoms with Crippen molar-refractivity contribution in [1.29, 1.82) is 0 Å². The zero-order valence-corrected chi connectivity index (χ0v) is 6.04. The van der Waals surface area contributed by atoms with E-state index in [1.807, 2.05) is 0 Å². The van der Waals surface area contributed by atoms with Gasteiger partial charge >= 0.3 is 0 Å². The van der Waals surface area contributed by atoms with Gasteiger partial charge in [-0.05, 0) is 6.08 Å². The molecule has 3 heteroatoms. The number of hydrogen-bond acceptors (Lipinski definition) is 3. The van der Waals surface area contributed by atoms with Crippen LogP contribution < -0.4 is 0 Å². The summed E-state index contributed by atoms with van der Waals surface area (Å²) in [6.45, 7) is 4.78. The Morgan fingerprint density at radius 1 is 2.00 bits per heavy atom. The Bertz CT molecular complexity index is 154. The smallest absolute Gasteiger partial charge is 0.208 e. The fraction of sp³-hybridized carbons (Fsp3) is 0.571. The van der Waals surface area contributed by atoms with E-state index in [2.05, 4.69) is 11.6 Å². The summed E-state index contributed by atoms with van der Waals surface area (Å²) in [6, 6.07) is 0.165. The van der Waals surface area contributed by atoms with Crippen molar-refractivity contribution in [3.05, 3.63) is 12.7 Å². The predicted molar refractivity (Wildman–Crippen MR) is 39.2 cm³/mol. The largest absolute Gasteiger partial charge is 0.476 e. The molecule has 0 radical (unpaired) electrons. The van der Waals surface area contributed by atoms with Crippen molar-refractivity contribution in [2.75, 3.05) is 20.3 Å². The molecule has 0 aliphatic carbocycles. The lowest BCUT2D eigenvalue weighted by Crippen LogP contribution is -2.12. The first-order chi connectivity index (χ1) is 4.86. The van der Waals surface area contributed by atoms with Crippen molar-refractivity contribution >= 4 is 5.90 Å². The lowest BCUT2D eigenvalue weighted by Gasteiger charge is -2.00. The molecular weight excluding hydrogens is 130 g/mol. The molecule has 0 N–H and O–H groups in total. The van der Waals surface area contributed by atoms with Gasteiger partial charge < -0.3 is 9.47 Å². The topological polar surface area (TPSA) is 30.8 Å². The van der Waals surface area contributed by atoms with E-state index in [9.17, 15) is 0 Å². The van der Waals surface area contributed by atoms with Gasteiger partial charge in [0.2, 0.25) is 5.90 Å². The van der Waals surface area contributed by atoms with E-state index >= 15 is 0 Å². The maximum Gasteiger partial charge on any atom is 0.208 e. The number of ether oxygens (including phenoxy) is 2. The van der Waals surface area contributed by atoms with Gasteiger partial charge in [-0.15, -0.1) is 0 Å². The lowest BCUT2D eigenvalue weighted by molar-refractivity contribution is 0.165. The van der Waals surface area contributed by atoms with Gasteiger partial charge in [-0.1, -0.05) is 6.58 Å². The van der Waals surface area contributed by atoms with Crippen LogP contribution in [0.4, 0.5) is 0 Å². The first kappa shape index (κ1) is 7.28. The van der Waals surface area contributed by atoms with E-state index in [0.717, 1.165) is 0 Å². The Morgan fingerprint density at radius 2 is 2.80 bits per heavy atom. The molecule has 0 saturated carbocycles. The minimum absolute atomic E-state index is 0.165. The fourth-order valence-corrected chi connectivity index (χ4v) is 0.825. The Labute approximate surface area is 60.4 Å². The molecule has 0 amide bonds. The van der Waals surface area contributed by atoms with Gasteiger partial charge in [-0.2, -0.15) is 0 Å². The summed E-state index contributed by atoms with van der Waals surface area (Å²) in [5.41, 5.74) is 0. The Balaban J connectivity index is 2.38. The van der Waals surface area contributed by atoms with Crippen LogP contribution in [0.15, 0.2) is 17.6 Å². The van der Waals surface area contributed by atoms with Crippen LogP contribution in [0.3, 0.4) is 0 Å². The van der Waals surface area contributed by atoms with Crippen LogP contribution in [0.5, 0.6) is 0 Å². The summed E-state index contributed by atoms with van der Waals surface area (Å²) in [4.78, 5) is 4.15. The zero-order chi connectivity index (χ0) is 7.40. The van der Waals surface area contributed by atoms with Crippen molar-refractivity contribution in [1.82, 2.24) is 0 Å². The molecule has 0 spiro atoms. The molecule has 0 aromatic rings. The summed E-state index contributed by atoms with van der Waals surface area (Å²) in [7, 11) is 1.65. The Kier molecular flexibility index (Phi) is 2.45. The maximum atomic E-state index is 5.12. The first-order valence-corrected chi connectivity index (χ1v) is 3.18. The second-order valence-corrected chi connectivity index (χ2v) is 2.09. The molecular formula is C7H11NO2. The Hall–Kier alpha value is -0.830. The summed E-state index contributed by atoms with van der Waals surface area (Å²) >= 11 is 0. The summed E-state index contributed by atoms with van der Waals surface area (Å²) < 4.78 is 10.0. The highest BCUT2D eigenvalue weighted by atomic mass is 16.5. The number of rotatable bonds is 3. The van der Waals surface area contributed by atoms with E-state index in [4.69, 9.17) is 9.47 Å². The van der Waals surface area contributed by atoms with Crippen LogP contribution >= 0.6 is 0 Å². The molecule has 0 fully saturated rings. The van der Waals surface area contributed by atoms with Crippen molar-refractivity contribution in [2.45, 2.75) is 6.04 Å². The van der Waals surface area contributed by atoms with Crippen molar-refractivity contribution in [3.63, 3.8) is 0 Å². The number of aliphatic imine (C=N–C) groups is 1. The molecule has 0 bridgehead atoms. The van der Waals surface area contributed by atoms with Crippen molar-refractivity contribution in [2.24, 2.45) is 4.99 Å². The van der Waals surface area contributed by atoms with Crippen LogP contribution in [0.2, 0.25) is 0 Å². The molecule has 0 aromatic heterocycles. The molecule has 56 valence electrons. The molecule has 1 heterocycles. The van der Waals surface area contributed by atoms with Gasteiger partial charge in [0, 0.05) is 7.11 Å². The minimum atomic E-state index is 0.165. The predicted octanol–water partition coefficient (Wildman–Crippen LogP) is 0.616. The first-order valence-electron chi connectivity index (χ1n) is 3.18.